The Balaban J connectivity index is 0.709. The summed E-state index contributed by atoms with van der Waals surface area (Å²) in [5.41, 5.74) is 46.4. The average Bonchev–Trinajstić information content (AvgIpc) is 0.654. The van der Waals surface area contributed by atoms with E-state index < -0.39 is 0 Å². The fourth-order valence-corrected chi connectivity index (χ4v) is 24.0. The van der Waals surface area contributed by atoms with Gasteiger partial charge in [-0.1, -0.05) is 267 Å². The van der Waals surface area contributed by atoms with Gasteiger partial charge in [0, 0.05) is 131 Å². The second-order valence-electron chi connectivity index (χ2n) is 36.1. The van der Waals surface area contributed by atoms with E-state index in [0.717, 1.165) is 170 Å². The highest BCUT2D eigenvalue weighted by Crippen LogP contribution is 2.59. The molecule has 0 unspecified atom stereocenters. The second-order valence-corrected chi connectivity index (χ2v) is 36.1. The van der Waals surface area contributed by atoms with Crippen molar-refractivity contribution < 1.29 is 4.74 Å². The number of benzene rings is 20. The first-order valence-electron chi connectivity index (χ1n) is 46.4. The molecule has 20 aromatic carbocycles. The molecule has 0 amide bonds. The minimum absolute atomic E-state index is 0.241. The fraction of sp³-hybridized carbons (Fsp3) is 0. The molecule has 29 rings (SSSR count). The van der Waals surface area contributed by atoms with Crippen LogP contribution in [0.2, 0.25) is 0 Å². The van der Waals surface area contributed by atoms with Gasteiger partial charge < -0.3 is 48.8 Å². The summed E-state index contributed by atoms with van der Waals surface area (Å²) in [6, 6.07) is 175. The van der Waals surface area contributed by atoms with E-state index in [2.05, 4.69) is 511 Å². The molecule has 9 aliphatic rings. The molecule has 0 saturated heterocycles. The molecular weight excluding hydrogens is 1630 g/mol. The molecule has 20 aromatic rings. The van der Waals surface area contributed by atoms with E-state index in [1.54, 1.807) is 0 Å². The lowest BCUT2D eigenvalue weighted by Crippen LogP contribution is -2.69. The van der Waals surface area contributed by atoms with E-state index in [1.165, 1.54) is 71.2 Å². The number of anilines is 27. The summed E-state index contributed by atoms with van der Waals surface area (Å²) in [6.07, 6.45) is 0. The normalized spacial score (nSPS) is 13.7. The molecule has 134 heavy (non-hydrogen) atoms. The van der Waals surface area contributed by atoms with Crippen molar-refractivity contribution in [1.82, 2.24) is 0 Å². The van der Waals surface area contributed by atoms with Gasteiger partial charge in [0.25, 0.3) is 26.9 Å². The second kappa shape index (κ2) is 29.1. The summed E-state index contributed by atoms with van der Waals surface area (Å²) >= 11 is 0. The van der Waals surface area contributed by atoms with Crippen molar-refractivity contribution in [3.05, 3.63) is 467 Å². The molecule has 0 aliphatic carbocycles. The summed E-state index contributed by atoms with van der Waals surface area (Å²) < 4.78 is 7.66. The smallest absolute Gasteiger partial charge is 0.252 e. The standard InChI is InChI=1S/C120H77B4N9O/c1-11-38-78(39-12-1)79-40-35-59-89(68-79)126(82-45-17-4-18-46-82)91-71-107-115-109(72-91)130(86-53-25-8-26-54-86)103-76-99-105(74-97(103)122(115)93-61-32-34-65-101(93)128(107)84-49-21-6-22-50-84)132(88-57-29-10-30-58-88)111-77-110-116-120-117(111)124(99)95-63-37-67-113-119(95)133(120)118-94(62-36-66-112(118)134-113)123(116)98-75-102-96(73-104(98)131(110)87-55-27-9-28-56-87)121-92-60-31-33-64-100(92)127(83-47-19-5-20-48-83)106-69-90(70-108(114(106)121)129(102)85-51-23-7-24-52-85)125(80-41-13-2-14-42-80)81-43-15-3-16-44-81/h1-77H. The molecule has 0 radical (unpaired) electrons. The zero-order valence-electron chi connectivity index (χ0n) is 72.7. The maximum Gasteiger partial charge on any atom is 0.252 e. The summed E-state index contributed by atoms with van der Waals surface area (Å²) in [6.45, 7) is -1.15. The van der Waals surface area contributed by atoms with Crippen LogP contribution in [0.4, 0.5) is 154 Å². The van der Waals surface area contributed by atoms with Crippen LogP contribution in [0.15, 0.2) is 467 Å². The van der Waals surface area contributed by atoms with Crippen LogP contribution in [0.25, 0.3) is 11.1 Å². The minimum atomic E-state index is -0.330. The predicted molar refractivity (Wildman–Crippen MR) is 563 cm³/mol. The lowest BCUT2D eigenvalue weighted by Gasteiger charge is -2.53. The quantitative estimate of drug-likeness (QED) is 0.104. The molecule has 620 valence electrons. The van der Waals surface area contributed by atoms with Gasteiger partial charge >= 0.3 is 0 Å². The van der Waals surface area contributed by atoms with Crippen molar-refractivity contribution in [2.24, 2.45) is 0 Å². The Hall–Kier alpha value is -17.3. The van der Waals surface area contributed by atoms with E-state index in [9.17, 15) is 0 Å². The number of nitrogens with zero attached hydrogens (tertiary/aromatic N) is 9. The van der Waals surface area contributed by atoms with Crippen LogP contribution in [0.5, 0.6) is 11.5 Å². The SMILES string of the molecule is c1ccc(-c2cccc(N(c3ccccc3)c3cc4c5c(c3)N(c3ccccc3)c3cc6c(cc3B5c3ccccc3N4c3ccccc3)N(c3ccccc3)c3cc4c5c7c3B6c3cccc6c3N7c3c(cccc3B5c3cc5c(cc3N4c3ccccc3)B3c4ccccc4N(c4ccccc4)c4cc(N(c7ccccc7)c7ccccc7)cc(c43)N5c3ccccc3)O6)c2)cc1. The Morgan fingerprint density at radius 2 is 0.418 bits per heavy atom. The Labute approximate surface area is 779 Å². The van der Waals surface area contributed by atoms with E-state index in [-0.39, 0.29) is 26.9 Å². The van der Waals surface area contributed by atoms with Crippen molar-refractivity contribution in [3.8, 4) is 22.6 Å². The molecule has 9 aliphatic heterocycles. The molecule has 0 fully saturated rings. The summed E-state index contributed by atoms with van der Waals surface area (Å²) in [7, 11) is 0. The van der Waals surface area contributed by atoms with Crippen molar-refractivity contribution in [1.29, 1.82) is 0 Å². The molecular formula is C120H77B4N9O. The summed E-state index contributed by atoms with van der Waals surface area (Å²) in [4.78, 5) is 23.2. The third-order valence-corrected chi connectivity index (χ3v) is 29.1. The number of hydrogen-bond acceptors (Lipinski definition) is 10. The van der Waals surface area contributed by atoms with Gasteiger partial charge in [-0.15, -0.1) is 0 Å². The molecule has 14 heteroatoms. The van der Waals surface area contributed by atoms with Crippen molar-refractivity contribution in [2.45, 2.75) is 0 Å². The van der Waals surface area contributed by atoms with Crippen molar-refractivity contribution in [3.63, 3.8) is 0 Å². The highest BCUT2D eigenvalue weighted by molar-refractivity contribution is 7.06. The molecule has 0 aromatic heterocycles. The first-order valence-corrected chi connectivity index (χ1v) is 46.4. The Bertz CT molecular complexity index is 8090. The van der Waals surface area contributed by atoms with E-state index in [4.69, 9.17) is 4.74 Å². The van der Waals surface area contributed by atoms with E-state index >= 15 is 0 Å². The van der Waals surface area contributed by atoms with Gasteiger partial charge in [-0.05, 0) is 277 Å². The zero-order chi connectivity index (χ0) is 87.5. The van der Waals surface area contributed by atoms with Crippen LogP contribution in [0, 0.1) is 0 Å². The largest absolute Gasteiger partial charge is 0.453 e. The number of fused-ring (bicyclic) bond motifs is 14. The van der Waals surface area contributed by atoms with Crippen LogP contribution < -0.4 is 114 Å². The monoisotopic (exact) mass is 1700 g/mol. The highest BCUT2D eigenvalue weighted by atomic mass is 16.5. The molecule has 0 N–H and O–H groups in total. The molecule has 9 heterocycles. The third kappa shape index (κ3) is 10.8. The van der Waals surface area contributed by atoms with Gasteiger partial charge in [0.2, 0.25) is 0 Å². The third-order valence-electron chi connectivity index (χ3n) is 29.1. The molecule has 0 bridgehead atoms. The number of para-hydroxylation sites is 13. The molecule has 10 nitrogen and oxygen atoms in total. The first kappa shape index (κ1) is 74.6. The van der Waals surface area contributed by atoms with E-state index in [0.29, 0.717) is 0 Å². The number of ether oxygens (including phenoxy) is 1. The fourth-order valence-electron chi connectivity index (χ4n) is 24.0. The lowest BCUT2D eigenvalue weighted by molar-refractivity contribution is 0.478. The van der Waals surface area contributed by atoms with Gasteiger partial charge in [0.15, 0.2) is 11.5 Å². The molecule has 0 spiro atoms. The van der Waals surface area contributed by atoms with Gasteiger partial charge in [-0.25, -0.2) is 0 Å². The maximum absolute atomic E-state index is 7.66. The van der Waals surface area contributed by atoms with Crippen molar-refractivity contribution >= 4 is 246 Å². The zero-order valence-corrected chi connectivity index (χ0v) is 72.7. The van der Waals surface area contributed by atoms with Gasteiger partial charge in [0.1, 0.15) is 0 Å². The van der Waals surface area contributed by atoms with E-state index in [1.807, 2.05) is 0 Å². The van der Waals surface area contributed by atoms with Gasteiger partial charge in [-0.3, -0.25) is 0 Å². The van der Waals surface area contributed by atoms with Crippen LogP contribution in [-0.2, 0) is 0 Å². The molecule has 0 atom stereocenters. The number of hydrogen-bond donors (Lipinski definition) is 0. The maximum atomic E-state index is 7.66. The Morgan fingerprint density at radius 3 is 0.769 bits per heavy atom. The van der Waals surface area contributed by atoms with Crippen LogP contribution in [0.3, 0.4) is 0 Å². The Kier molecular flexibility index (Phi) is 16.2. The summed E-state index contributed by atoms with van der Waals surface area (Å²) in [5.74, 6) is 1.66. The number of rotatable bonds is 13. The van der Waals surface area contributed by atoms with Crippen LogP contribution in [-0.4, -0.2) is 26.9 Å². The summed E-state index contributed by atoms with van der Waals surface area (Å²) in [5, 5.41) is 0. The van der Waals surface area contributed by atoms with Gasteiger partial charge in [0.05, 0.1) is 22.7 Å². The predicted octanol–water partition coefficient (Wildman–Crippen LogP) is 23.3. The topological polar surface area (TPSA) is 38.4 Å². The highest BCUT2D eigenvalue weighted by Gasteiger charge is 2.57. The first-order chi connectivity index (χ1) is 66.6. The van der Waals surface area contributed by atoms with Gasteiger partial charge in [-0.2, -0.15) is 0 Å². The van der Waals surface area contributed by atoms with Crippen LogP contribution >= 0.6 is 0 Å². The average molecular weight is 1700 g/mol. The minimum Gasteiger partial charge on any atom is -0.453 e. The Morgan fingerprint density at radius 1 is 0.157 bits per heavy atom. The van der Waals surface area contributed by atoms with Crippen LogP contribution in [0.1, 0.15) is 0 Å². The molecule has 0 saturated carbocycles. The van der Waals surface area contributed by atoms with Crippen molar-refractivity contribution in [2.75, 3.05) is 44.1 Å². The lowest BCUT2D eigenvalue weighted by atomic mass is 9.28.